The van der Waals surface area contributed by atoms with Gasteiger partial charge in [-0.2, -0.15) is 0 Å². The van der Waals surface area contributed by atoms with Crippen molar-refractivity contribution in [2.75, 3.05) is 26.1 Å². The number of ether oxygens (including phenoxy) is 3. The fraction of sp³-hybridized carbons (Fsp3) is 0.304. The normalized spacial score (nSPS) is 11.7. The second kappa shape index (κ2) is 10.9. The minimum absolute atomic E-state index is 0.318. The summed E-state index contributed by atoms with van der Waals surface area (Å²) in [5, 5.41) is 2.81. The Morgan fingerprint density at radius 2 is 1.79 bits per heavy atom. The van der Waals surface area contributed by atoms with Crippen LogP contribution in [0, 0.1) is 0 Å². The van der Waals surface area contributed by atoms with Crippen molar-refractivity contribution in [3.05, 3.63) is 59.7 Å². The zero-order valence-electron chi connectivity index (χ0n) is 17.2. The van der Waals surface area contributed by atoms with E-state index < -0.39 is 5.97 Å². The number of carbonyl (C=O) groups excluding carboxylic acids is 2. The third-order valence-electron chi connectivity index (χ3n) is 4.54. The molecule has 154 valence electrons. The molecule has 0 aliphatic heterocycles. The second-order valence-corrected chi connectivity index (χ2v) is 6.50. The standard InChI is InChI=1S/C23H27NO5/c1-5-16(2)18-8-6-7-9-19(18)24-22(25)15-29-23(26)13-11-17-10-12-20(27-3)21(14-17)28-4/h6-14,16H,5,15H2,1-4H3,(H,24,25)/b13-11+/t16-/m1/s1. The first-order chi connectivity index (χ1) is 14.0. The Morgan fingerprint density at radius 1 is 1.07 bits per heavy atom. The molecule has 1 amide bonds. The maximum absolute atomic E-state index is 12.2. The van der Waals surface area contributed by atoms with Crippen molar-refractivity contribution >= 4 is 23.6 Å². The van der Waals surface area contributed by atoms with E-state index in [4.69, 9.17) is 14.2 Å². The van der Waals surface area contributed by atoms with E-state index in [-0.39, 0.29) is 12.5 Å². The number of rotatable bonds is 9. The Kier molecular flexibility index (Phi) is 8.27. The molecule has 0 spiro atoms. The number of methoxy groups -OCH3 is 2. The van der Waals surface area contributed by atoms with E-state index in [1.165, 1.54) is 13.2 Å². The van der Waals surface area contributed by atoms with Crippen LogP contribution in [-0.2, 0) is 14.3 Å². The van der Waals surface area contributed by atoms with Gasteiger partial charge in [-0.1, -0.05) is 38.1 Å². The molecule has 0 fully saturated rings. The maximum atomic E-state index is 12.2. The molecule has 6 nitrogen and oxygen atoms in total. The van der Waals surface area contributed by atoms with Gasteiger partial charge in [0, 0.05) is 11.8 Å². The van der Waals surface area contributed by atoms with Crippen molar-refractivity contribution in [1.82, 2.24) is 0 Å². The fourth-order valence-electron chi connectivity index (χ4n) is 2.75. The van der Waals surface area contributed by atoms with Gasteiger partial charge in [-0.25, -0.2) is 4.79 Å². The summed E-state index contributed by atoms with van der Waals surface area (Å²) in [6.07, 6.45) is 3.81. The first-order valence-corrected chi connectivity index (χ1v) is 9.44. The molecule has 1 N–H and O–H groups in total. The summed E-state index contributed by atoms with van der Waals surface area (Å²) in [4.78, 5) is 24.1. The molecule has 6 heteroatoms. The zero-order chi connectivity index (χ0) is 21.2. The van der Waals surface area contributed by atoms with Crippen LogP contribution in [-0.4, -0.2) is 32.7 Å². The highest BCUT2D eigenvalue weighted by Crippen LogP contribution is 2.28. The average molecular weight is 397 g/mol. The maximum Gasteiger partial charge on any atom is 0.331 e. The third-order valence-corrected chi connectivity index (χ3v) is 4.54. The van der Waals surface area contributed by atoms with Gasteiger partial charge in [0.05, 0.1) is 14.2 Å². The van der Waals surface area contributed by atoms with Crippen molar-refractivity contribution < 1.29 is 23.8 Å². The number of esters is 1. The summed E-state index contributed by atoms with van der Waals surface area (Å²) in [6, 6.07) is 12.9. The van der Waals surface area contributed by atoms with E-state index in [0.29, 0.717) is 17.4 Å². The predicted octanol–water partition coefficient (Wildman–Crippen LogP) is 4.41. The molecule has 0 saturated carbocycles. The molecule has 0 radical (unpaired) electrons. The number of hydrogen-bond acceptors (Lipinski definition) is 5. The van der Waals surface area contributed by atoms with Crippen molar-refractivity contribution in [2.45, 2.75) is 26.2 Å². The summed E-state index contributed by atoms with van der Waals surface area (Å²) >= 11 is 0. The fourth-order valence-corrected chi connectivity index (χ4v) is 2.75. The summed E-state index contributed by atoms with van der Waals surface area (Å²) in [5.74, 6) is 0.487. The van der Waals surface area contributed by atoms with Crippen LogP contribution in [0.25, 0.3) is 6.08 Å². The van der Waals surface area contributed by atoms with Crippen LogP contribution in [0.4, 0.5) is 5.69 Å². The lowest BCUT2D eigenvalue weighted by Gasteiger charge is -2.15. The molecule has 2 aromatic rings. The number of amides is 1. The van der Waals surface area contributed by atoms with Crippen LogP contribution in [0.1, 0.15) is 37.3 Å². The Bertz CT molecular complexity index is 875. The first-order valence-electron chi connectivity index (χ1n) is 9.44. The molecule has 0 aromatic heterocycles. The highest BCUT2D eigenvalue weighted by Gasteiger charge is 2.12. The number of para-hydroxylation sites is 1. The van der Waals surface area contributed by atoms with Crippen LogP contribution in [0.2, 0.25) is 0 Å². The van der Waals surface area contributed by atoms with Gasteiger partial charge in [0.2, 0.25) is 0 Å². The Balaban J connectivity index is 1.91. The highest BCUT2D eigenvalue weighted by molar-refractivity contribution is 5.95. The second-order valence-electron chi connectivity index (χ2n) is 6.50. The quantitative estimate of drug-likeness (QED) is 0.501. The van der Waals surface area contributed by atoms with Gasteiger partial charge in [0.25, 0.3) is 5.91 Å². The lowest BCUT2D eigenvalue weighted by Crippen LogP contribution is -2.21. The number of nitrogens with one attached hydrogen (secondary N) is 1. The number of anilines is 1. The van der Waals surface area contributed by atoms with Gasteiger partial charge in [-0.15, -0.1) is 0 Å². The number of hydrogen-bond donors (Lipinski definition) is 1. The Labute approximate surface area is 171 Å². The van der Waals surface area contributed by atoms with Gasteiger partial charge < -0.3 is 19.5 Å². The van der Waals surface area contributed by atoms with Crippen molar-refractivity contribution in [3.8, 4) is 11.5 Å². The molecule has 2 aromatic carbocycles. The lowest BCUT2D eigenvalue weighted by atomic mass is 9.97. The zero-order valence-corrected chi connectivity index (χ0v) is 17.2. The monoisotopic (exact) mass is 397 g/mol. The highest BCUT2D eigenvalue weighted by atomic mass is 16.5. The van der Waals surface area contributed by atoms with Gasteiger partial charge in [-0.05, 0) is 47.7 Å². The molecular formula is C23H27NO5. The molecule has 0 aliphatic carbocycles. The van der Waals surface area contributed by atoms with Crippen molar-refractivity contribution in [2.24, 2.45) is 0 Å². The van der Waals surface area contributed by atoms with Crippen LogP contribution in [0.15, 0.2) is 48.5 Å². The van der Waals surface area contributed by atoms with E-state index in [2.05, 4.69) is 19.2 Å². The van der Waals surface area contributed by atoms with Gasteiger partial charge in [0.1, 0.15) is 0 Å². The molecule has 29 heavy (non-hydrogen) atoms. The van der Waals surface area contributed by atoms with Crippen LogP contribution in [0.3, 0.4) is 0 Å². The molecule has 2 rings (SSSR count). The molecule has 0 saturated heterocycles. The molecular weight excluding hydrogens is 370 g/mol. The van der Waals surface area contributed by atoms with E-state index in [1.54, 1.807) is 31.4 Å². The van der Waals surface area contributed by atoms with Crippen molar-refractivity contribution in [3.63, 3.8) is 0 Å². The minimum Gasteiger partial charge on any atom is -0.493 e. The Hall–Kier alpha value is -3.28. The van der Waals surface area contributed by atoms with Gasteiger partial charge in [-0.3, -0.25) is 4.79 Å². The van der Waals surface area contributed by atoms with Crippen LogP contribution >= 0.6 is 0 Å². The summed E-state index contributed by atoms with van der Waals surface area (Å²) in [6.45, 7) is 3.84. The first kappa shape index (κ1) is 22.0. The van der Waals surface area contributed by atoms with Gasteiger partial charge in [0.15, 0.2) is 18.1 Å². The van der Waals surface area contributed by atoms with E-state index in [0.717, 1.165) is 23.2 Å². The third kappa shape index (κ3) is 6.38. The van der Waals surface area contributed by atoms with Crippen LogP contribution in [0.5, 0.6) is 11.5 Å². The van der Waals surface area contributed by atoms with E-state index in [9.17, 15) is 9.59 Å². The summed E-state index contributed by atoms with van der Waals surface area (Å²) in [5.41, 5.74) is 2.54. The summed E-state index contributed by atoms with van der Waals surface area (Å²) < 4.78 is 15.4. The Morgan fingerprint density at radius 3 is 2.48 bits per heavy atom. The average Bonchev–Trinajstić information content (AvgIpc) is 2.75. The van der Waals surface area contributed by atoms with Gasteiger partial charge >= 0.3 is 5.97 Å². The van der Waals surface area contributed by atoms with E-state index >= 15 is 0 Å². The van der Waals surface area contributed by atoms with Crippen LogP contribution < -0.4 is 14.8 Å². The summed E-state index contributed by atoms with van der Waals surface area (Å²) in [7, 11) is 3.09. The number of benzene rings is 2. The minimum atomic E-state index is -0.606. The molecule has 0 aliphatic rings. The van der Waals surface area contributed by atoms with E-state index in [1.807, 2.05) is 24.3 Å². The number of carbonyl (C=O) groups is 2. The molecule has 0 heterocycles. The smallest absolute Gasteiger partial charge is 0.331 e. The molecule has 0 bridgehead atoms. The molecule has 1 atom stereocenters. The predicted molar refractivity (Wildman–Crippen MR) is 113 cm³/mol. The SMILES string of the molecule is CC[C@@H](C)c1ccccc1NC(=O)COC(=O)/C=C/c1ccc(OC)c(OC)c1. The van der Waals surface area contributed by atoms with Crippen molar-refractivity contribution in [1.29, 1.82) is 0 Å². The molecule has 0 unspecified atom stereocenters. The topological polar surface area (TPSA) is 73.9 Å². The lowest BCUT2D eigenvalue weighted by molar-refractivity contribution is -0.142. The largest absolute Gasteiger partial charge is 0.493 e.